The van der Waals surface area contributed by atoms with E-state index in [1.807, 2.05) is 12.1 Å². The molecule has 0 bridgehead atoms. The number of rotatable bonds is 5. The number of hydrogen-bond donors (Lipinski definition) is 1. The Hall–Kier alpha value is -1.02. The molecule has 1 aromatic rings. The zero-order chi connectivity index (χ0) is 12.1. The molecule has 1 aliphatic rings. The molecule has 1 atom stereocenters. The van der Waals surface area contributed by atoms with E-state index in [9.17, 15) is 0 Å². The maximum Gasteiger partial charge on any atom is 0.122 e. The Kier molecular flexibility index (Phi) is 4.43. The molecule has 0 radical (unpaired) electrons. The minimum Gasteiger partial charge on any atom is -0.496 e. The molecular weight excluding hydrogens is 210 g/mol. The fourth-order valence-electron chi connectivity index (χ4n) is 3.03. The summed E-state index contributed by atoms with van der Waals surface area (Å²) in [6.07, 6.45) is 6.54. The summed E-state index contributed by atoms with van der Waals surface area (Å²) >= 11 is 0. The van der Waals surface area contributed by atoms with Crippen molar-refractivity contribution in [3.63, 3.8) is 0 Å². The van der Waals surface area contributed by atoms with Crippen LogP contribution in [0.3, 0.4) is 0 Å². The van der Waals surface area contributed by atoms with E-state index in [0.29, 0.717) is 5.92 Å². The van der Waals surface area contributed by atoms with E-state index in [2.05, 4.69) is 12.1 Å². The van der Waals surface area contributed by atoms with Crippen LogP contribution in [0.4, 0.5) is 0 Å². The number of hydrogen-bond acceptors (Lipinski definition) is 2. The molecule has 2 nitrogen and oxygen atoms in total. The fourth-order valence-corrected chi connectivity index (χ4v) is 3.03. The van der Waals surface area contributed by atoms with Gasteiger partial charge >= 0.3 is 0 Å². The van der Waals surface area contributed by atoms with Crippen LogP contribution >= 0.6 is 0 Å². The average Bonchev–Trinajstić information content (AvgIpc) is 2.90. The summed E-state index contributed by atoms with van der Waals surface area (Å²) in [6, 6.07) is 8.31. The van der Waals surface area contributed by atoms with Gasteiger partial charge in [0, 0.05) is 0 Å². The van der Waals surface area contributed by atoms with Crippen LogP contribution in [0.1, 0.15) is 31.2 Å². The van der Waals surface area contributed by atoms with Gasteiger partial charge in [-0.25, -0.2) is 0 Å². The van der Waals surface area contributed by atoms with E-state index in [1.54, 1.807) is 7.11 Å². The first-order valence-corrected chi connectivity index (χ1v) is 6.67. The summed E-state index contributed by atoms with van der Waals surface area (Å²) in [4.78, 5) is 0. The van der Waals surface area contributed by atoms with Crippen LogP contribution in [0.5, 0.6) is 5.75 Å². The number of para-hydroxylation sites is 1. The second-order valence-electron chi connectivity index (χ2n) is 5.06. The van der Waals surface area contributed by atoms with Gasteiger partial charge < -0.3 is 10.5 Å². The van der Waals surface area contributed by atoms with Crippen molar-refractivity contribution < 1.29 is 4.74 Å². The van der Waals surface area contributed by atoms with Crippen LogP contribution in [-0.2, 0) is 6.42 Å². The normalized spacial score (nSPS) is 18.2. The summed E-state index contributed by atoms with van der Waals surface area (Å²) in [5, 5.41) is 0. The van der Waals surface area contributed by atoms with Gasteiger partial charge in [0.2, 0.25) is 0 Å². The molecule has 0 spiro atoms. The van der Waals surface area contributed by atoms with Crippen molar-refractivity contribution in [3.8, 4) is 5.75 Å². The Morgan fingerprint density at radius 2 is 2.00 bits per heavy atom. The Labute approximate surface area is 104 Å². The Balaban J connectivity index is 2.06. The van der Waals surface area contributed by atoms with Crippen molar-refractivity contribution in [2.24, 2.45) is 17.6 Å². The first-order chi connectivity index (χ1) is 8.35. The molecule has 1 saturated carbocycles. The number of benzene rings is 1. The van der Waals surface area contributed by atoms with Crippen LogP contribution in [0, 0.1) is 11.8 Å². The number of methoxy groups -OCH3 is 1. The van der Waals surface area contributed by atoms with Crippen LogP contribution in [0.2, 0.25) is 0 Å². The quantitative estimate of drug-likeness (QED) is 0.848. The van der Waals surface area contributed by atoms with Crippen molar-refractivity contribution >= 4 is 0 Å². The smallest absolute Gasteiger partial charge is 0.122 e. The zero-order valence-corrected chi connectivity index (χ0v) is 10.7. The van der Waals surface area contributed by atoms with E-state index in [0.717, 1.165) is 24.6 Å². The molecule has 0 amide bonds. The predicted molar refractivity (Wildman–Crippen MR) is 71.2 cm³/mol. The minimum absolute atomic E-state index is 0.619. The number of ether oxygens (including phenoxy) is 1. The second kappa shape index (κ2) is 6.06. The first kappa shape index (κ1) is 12.4. The molecule has 0 aliphatic heterocycles. The zero-order valence-electron chi connectivity index (χ0n) is 10.7. The first-order valence-electron chi connectivity index (χ1n) is 6.67. The monoisotopic (exact) mass is 233 g/mol. The molecule has 2 N–H and O–H groups in total. The molecule has 2 rings (SSSR count). The fraction of sp³-hybridized carbons (Fsp3) is 0.600. The molecule has 94 valence electrons. The van der Waals surface area contributed by atoms with Crippen molar-refractivity contribution in [1.82, 2.24) is 0 Å². The molecule has 1 aromatic carbocycles. The molecule has 2 heteroatoms. The SMILES string of the molecule is COc1ccccc1CC(CN)C1CCCC1. The van der Waals surface area contributed by atoms with Gasteiger partial charge in [-0.15, -0.1) is 0 Å². The van der Waals surface area contributed by atoms with Gasteiger partial charge in [-0.1, -0.05) is 43.9 Å². The van der Waals surface area contributed by atoms with Crippen LogP contribution < -0.4 is 10.5 Å². The average molecular weight is 233 g/mol. The largest absolute Gasteiger partial charge is 0.496 e. The Morgan fingerprint density at radius 1 is 1.29 bits per heavy atom. The maximum absolute atomic E-state index is 5.95. The van der Waals surface area contributed by atoms with Crippen molar-refractivity contribution in [2.45, 2.75) is 32.1 Å². The van der Waals surface area contributed by atoms with Crippen molar-refractivity contribution in [1.29, 1.82) is 0 Å². The van der Waals surface area contributed by atoms with Gasteiger partial charge in [-0.3, -0.25) is 0 Å². The summed E-state index contributed by atoms with van der Waals surface area (Å²) in [5.41, 5.74) is 7.25. The lowest BCUT2D eigenvalue weighted by molar-refractivity contribution is 0.337. The van der Waals surface area contributed by atoms with Gasteiger partial charge in [0.25, 0.3) is 0 Å². The molecule has 0 aromatic heterocycles. The molecule has 1 aliphatic carbocycles. The molecule has 0 saturated heterocycles. The Morgan fingerprint density at radius 3 is 2.65 bits per heavy atom. The second-order valence-corrected chi connectivity index (χ2v) is 5.06. The lowest BCUT2D eigenvalue weighted by Crippen LogP contribution is -2.24. The van der Waals surface area contributed by atoms with E-state index in [4.69, 9.17) is 10.5 Å². The summed E-state index contributed by atoms with van der Waals surface area (Å²) in [6.45, 7) is 0.794. The van der Waals surface area contributed by atoms with E-state index in [-0.39, 0.29) is 0 Å². The molecule has 17 heavy (non-hydrogen) atoms. The van der Waals surface area contributed by atoms with E-state index < -0.39 is 0 Å². The highest BCUT2D eigenvalue weighted by atomic mass is 16.5. The summed E-state index contributed by atoms with van der Waals surface area (Å²) < 4.78 is 5.41. The van der Waals surface area contributed by atoms with Crippen LogP contribution in [0.25, 0.3) is 0 Å². The standard InChI is InChI=1S/C15H23NO/c1-17-15-9-5-4-8-13(15)10-14(11-16)12-6-2-3-7-12/h4-5,8-9,12,14H,2-3,6-7,10-11,16H2,1H3. The topological polar surface area (TPSA) is 35.2 Å². The van der Waals surface area contributed by atoms with Gasteiger partial charge in [0.1, 0.15) is 5.75 Å². The van der Waals surface area contributed by atoms with Gasteiger partial charge in [-0.2, -0.15) is 0 Å². The van der Waals surface area contributed by atoms with Gasteiger partial charge in [0.05, 0.1) is 7.11 Å². The van der Waals surface area contributed by atoms with Crippen LogP contribution in [-0.4, -0.2) is 13.7 Å². The Bertz CT molecular complexity index is 345. The van der Waals surface area contributed by atoms with Crippen LogP contribution in [0.15, 0.2) is 24.3 Å². The maximum atomic E-state index is 5.95. The summed E-state index contributed by atoms with van der Waals surface area (Å²) in [5.74, 6) is 2.45. The van der Waals surface area contributed by atoms with Crippen molar-refractivity contribution in [3.05, 3.63) is 29.8 Å². The third-order valence-corrected chi connectivity index (χ3v) is 4.04. The molecular formula is C15H23NO. The third kappa shape index (κ3) is 3.01. The highest BCUT2D eigenvalue weighted by Gasteiger charge is 2.24. The lowest BCUT2D eigenvalue weighted by Gasteiger charge is -2.22. The van der Waals surface area contributed by atoms with E-state index >= 15 is 0 Å². The molecule has 1 fully saturated rings. The van der Waals surface area contributed by atoms with Gasteiger partial charge in [0.15, 0.2) is 0 Å². The predicted octanol–water partition coefficient (Wildman–Crippen LogP) is 3.00. The highest BCUT2D eigenvalue weighted by Crippen LogP contribution is 2.34. The minimum atomic E-state index is 0.619. The van der Waals surface area contributed by atoms with E-state index in [1.165, 1.54) is 31.2 Å². The molecule has 0 heterocycles. The third-order valence-electron chi connectivity index (χ3n) is 4.04. The summed E-state index contributed by atoms with van der Waals surface area (Å²) in [7, 11) is 1.74. The van der Waals surface area contributed by atoms with Crippen molar-refractivity contribution in [2.75, 3.05) is 13.7 Å². The number of nitrogens with two attached hydrogens (primary N) is 1. The lowest BCUT2D eigenvalue weighted by atomic mass is 9.85. The highest BCUT2D eigenvalue weighted by molar-refractivity contribution is 5.33. The molecule has 1 unspecified atom stereocenters. The van der Waals surface area contributed by atoms with Gasteiger partial charge in [-0.05, 0) is 36.4 Å².